The fourth-order valence-corrected chi connectivity index (χ4v) is 4.08. The molecule has 2 atom stereocenters. The summed E-state index contributed by atoms with van der Waals surface area (Å²) in [7, 11) is 0. The van der Waals surface area contributed by atoms with Crippen LogP contribution >= 0.6 is 15.9 Å². The number of hydrogen-bond acceptors (Lipinski definition) is 2. The second-order valence-electron chi connectivity index (χ2n) is 6.60. The Kier molecular flexibility index (Phi) is 5.21. The van der Waals surface area contributed by atoms with Gasteiger partial charge in [0.15, 0.2) is 0 Å². The van der Waals surface area contributed by atoms with Gasteiger partial charge in [0.25, 0.3) is 0 Å². The molecule has 2 unspecified atom stereocenters. The minimum absolute atomic E-state index is 0.194. The summed E-state index contributed by atoms with van der Waals surface area (Å²) in [5.74, 6) is 6.12. The van der Waals surface area contributed by atoms with E-state index in [2.05, 4.69) is 35.2 Å². The summed E-state index contributed by atoms with van der Waals surface area (Å²) in [5.41, 5.74) is 4.26. The van der Waals surface area contributed by atoms with E-state index < -0.39 is 0 Å². The summed E-state index contributed by atoms with van der Waals surface area (Å²) >= 11 is 3.35. The molecule has 20 heavy (non-hydrogen) atoms. The first-order valence-corrected chi connectivity index (χ1v) is 8.13. The van der Waals surface area contributed by atoms with Gasteiger partial charge in [0, 0.05) is 10.5 Å². The van der Waals surface area contributed by atoms with Crippen molar-refractivity contribution < 1.29 is 4.39 Å². The van der Waals surface area contributed by atoms with E-state index in [9.17, 15) is 4.39 Å². The Morgan fingerprint density at radius 2 is 2.15 bits per heavy atom. The predicted molar refractivity (Wildman–Crippen MR) is 84.7 cm³/mol. The molecule has 112 valence electrons. The summed E-state index contributed by atoms with van der Waals surface area (Å²) in [4.78, 5) is 0. The third kappa shape index (κ3) is 3.80. The van der Waals surface area contributed by atoms with E-state index in [0.717, 1.165) is 16.5 Å². The van der Waals surface area contributed by atoms with Gasteiger partial charge in [0.2, 0.25) is 0 Å². The van der Waals surface area contributed by atoms with Crippen LogP contribution in [0.3, 0.4) is 0 Å². The molecule has 1 fully saturated rings. The molecule has 1 aromatic carbocycles. The fourth-order valence-electron chi connectivity index (χ4n) is 3.57. The molecule has 3 N–H and O–H groups in total. The van der Waals surface area contributed by atoms with Crippen molar-refractivity contribution in [1.82, 2.24) is 5.43 Å². The molecule has 2 nitrogen and oxygen atoms in total. The van der Waals surface area contributed by atoms with Gasteiger partial charge in [-0.3, -0.25) is 11.3 Å². The summed E-state index contributed by atoms with van der Waals surface area (Å²) in [6.45, 7) is 4.64. The van der Waals surface area contributed by atoms with Crippen LogP contribution in [0.4, 0.5) is 4.39 Å². The molecule has 0 heterocycles. The molecular weight excluding hydrogens is 319 g/mol. The highest BCUT2D eigenvalue weighted by molar-refractivity contribution is 9.10. The van der Waals surface area contributed by atoms with Gasteiger partial charge in [-0.25, -0.2) is 4.39 Å². The topological polar surface area (TPSA) is 38.0 Å². The van der Waals surface area contributed by atoms with E-state index >= 15 is 0 Å². The molecule has 4 heteroatoms. The van der Waals surface area contributed by atoms with Crippen molar-refractivity contribution >= 4 is 15.9 Å². The van der Waals surface area contributed by atoms with E-state index in [1.165, 1.54) is 31.7 Å². The van der Waals surface area contributed by atoms with Crippen molar-refractivity contribution in [2.24, 2.45) is 17.2 Å². The SMILES string of the molecule is CC1(C)CCCCC1C(Cc1cc(F)cc(Br)c1)NN. The van der Waals surface area contributed by atoms with Gasteiger partial charge in [-0.15, -0.1) is 0 Å². The standard InChI is InChI=1S/C16H24BrFN2/c1-16(2)6-4-3-5-14(16)15(20-19)9-11-7-12(17)10-13(18)8-11/h7-8,10,14-15,20H,3-6,9,19H2,1-2H3. The van der Waals surface area contributed by atoms with Gasteiger partial charge in [0.05, 0.1) is 0 Å². The summed E-state index contributed by atoms with van der Waals surface area (Å²) in [5, 5.41) is 0. The normalized spacial score (nSPS) is 23.6. The maximum absolute atomic E-state index is 13.5. The van der Waals surface area contributed by atoms with Gasteiger partial charge in [-0.2, -0.15) is 0 Å². The molecule has 1 aliphatic carbocycles. The zero-order valence-corrected chi connectivity index (χ0v) is 13.8. The number of hydrazine groups is 1. The number of benzene rings is 1. The lowest BCUT2D eigenvalue weighted by Gasteiger charge is -2.43. The highest BCUT2D eigenvalue weighted by Crippen LogP contribution is 2.42. The van der Waals surface area contributed by atoms with Crippen LogP contribution < -0.4 is 11.3 Å². The maximum Gasteiger partial charge on any atom is 0.124 e. The second kappa shape index (κ2) is 6.54. The third-order valence-electron chi connectivity index (χ3n) is 4.67. The molecular formula is C16H24BrFN2. The minimum Gasteiger partial charge on any atom is -0.271 e. The Morgan fingerprint density at radius 3 is 2.75 bits per heavy atom. The number of halogens is 2. The second-order valence-corrected chi connectivity index (χ2v) is 7.51. The van der Waals surface area contributed by atoms with Crippen LogP contribution in [0.15, 0.2) is 22.7 Å². The van der Waals surface area contributed by atoms with Gasteiger partial charge in [0.1, 0.15) is 5.82 Å². The Morgan fingerprint density at radius 1 is 1.40 bits per heavy atom. The highest BCUT2D eigenvalue weighted by Gasteiger charge is 2.37. The van der Waals surface area contributed by atoms with Gasteiger partial charge >= 0.3 is 0 Å². The molecule has 1 aromatic rings. The van der Waals surface area contributed by atoms with E-state index in [1.807, 2.05) is 6.07 Å². The first kappa shape index (κ1) is 15.9. The van der Waals surface area contributed by atoms with Crippen LogP contribution in [0, 0.1) is 17.2 Å². The van der Waals surface area contributed by atoms with Crippen molar-refractivity contribution in [3.05, 3.63) is 34.1 Å². The average Bonchev–Trinajstić information content (AvgIpc) is 2.35. The zero-order chi connectivity index (χ0) is 14.8. The van der Waals surface area contributed by atoms with E-state index in [4.69, 9.17) is 5.84 Å². The van der Waals surface area contributed by atoms with E-state index in [0.29, 0.717) is 11.3 Å². The van der Waals surface area contributed by atoms with Crippen molar-refractivity contribution in [3.8, 4) is 0 Å². The highest BCUT2D eigenvalue weighted by atomic mass is 79.9. The lowest BCUT2D eigenvalue weighted by Crippen LogP contribution is -2.48. The Hall–Kier alpha value is -0.450. The van der Waals surface area contributed by atoms with Crippen LogP contribution in [-0.2, 0) is 6.42 Å². The quantitative estimate of drug-likeness (QED) is 0.636. The Labute approximate surface area is 129 Å². The fraction of sp³-hybridized carbons (Fsp3) is 0.625. The maximum atomic E-state index is 13.5. The van der Waals surface area contributed by atoms with Crippen LogP contribution in [0.2, 0.25) is 0 Å². The molecule has 0 bridgehead atoms. The van der Waals surface area contributed by atoms with Gasteiger partial charge in [-0.1, -0.05) is 42.6 Å². The smallest absolute Gasteiger partial charge is 0.124 e. The van der Waals surface area contributed by atoms with Crippen LogP contribution in [0.1, 0.15) is 45.1 Å². The summed E-state index contributed by atoms with van der Waals surface area (Å²) in [6.07, 6.45) is 5.76. The first-order valence-electron chi connectivity index (χ1n) is 7.33. The van der Waals surface area contributed by atoms with Crippen LogP contribution in [-0.4, -0.2) is 6.04 Å². The monoisotopic (exact) mass is 342 g/mol. The molecule has 0 saturated heterocycles. The largest absolute Gasteiger partial charge is 0.271 e. The van der Waals surface area contributed by atoms with Crippen molar-refractivity contribution in [1.29, 1.82) is 0 Å². The molecule has 0 amide bonds. The molecule has 0 aromatic heterocycles. The van der Waals surface area contributed by atoms with Crippen LogP contribution in [0.5, 0.6) is 0 Å². The minimum atomic E-state index is -0.201. The van der Waals surface area contributed by atoms with Crippen molar-refractivity contribution in [2.75, 3.05) is 0 Å². The van der Waals surface area contributed by atoms with Gasteiger partial charge < -0.3 is 0 Å². The number of nitrogens with one attached hydrogen (secondary N) is 1. The molecule has 1 aliphatic rings. The average molecular weight is 343 g/mol. The Bertz CT molecular complexity index is 442. The van der Waals surface area contributed by atoms with Crippen LogP contribution in [0.25, 0.3) is 0 Å². The van der Waals surface area contributed by atoms with Crippen molar-refractivity contribution in [3.63, 3.8) is 0 Å². The summed E-state index contributed by atoms with van der Waals surface area (Å²) < 4.78 is 14.3. The van der Waals surface area contributed by atoms with Gasteiger partial charge in [-0.05, 0) is 54.4 Å². The predicted octanol–water partition coefficient (Wildman–Crippen LogP) is 4.18. The zero-order valence-electron chi connectivity index (χ0n) is 12.3. The lowest BCUT2D eigenvalue weighted by molar-refractivity contribution is 0.0981. The Balaban J connectivity index is 2.15. The van der Waals surface area contributed by atoms with E-state index in [-0.39, 0.29) is 11.9 Å². The number of nitrogens with two attached hydrogens (primary N) is 1. The molecule has 2 rings (SSSR count). The molecule has 1 saturated carbocycles. The molecule has 0 radical (unpaired) electrons. The summed E-state index contributed by atoms with van der Waals surface area (Å²) in [6, 6.07) is 5.26. The van der Waals surface area contributed by atoms with E-state index in [1.54, 1.807) is 6.07 Å². The number of rotatable bonds is 4. The van der Waals surface area contributed by atoms with Crippen molar-refractivity contribution in [2.45, 2.75) is 52.0 Å². The third-order valence-corrected chi connectivity index (χ3v) is 5.13. The number of hydrogen-bond donors (Lipinski definition) is 2. The lowest BCUT2D eigenvalue weighted by atomic mass is 9.65. The molecule has 0 spiro atoms. The first-order chi connectivity index (χ1) is 9.42. The molecule has 0 aliphatic heterocycles.